The van der Waals surface area contributed by atoms with E-state index in [4.69, 9.17) is 52.1 Å². The van der Waals surface area contributed by atoms with E-state index < -0.39 is 55.3 Å². The van der Waals surface area contributed by atoms with E-state index in [0.29, 0.717) is 59.5 Å². The highest BCUT2D eigenvalue weighted by Crippen LogP contribution is 2.35. The van der Waals surface area contributed by atoms with Gasteiger partial charge in [-0.1, -0.05) is 0 Å². The topological polar surface area (TPSA) is 102 Å². The zero-order chi connectivity index (χ0) is 28.6. The van der Waals surface area contributed by atoms with Gasteiger partial charge < -0.3 is 52.1 Å². The molecule has 0 N–H and O–H groups in total. The van der Waals surface area contributed by atoms with E-state index >= 15 is 0 Å². The highest BCUT2D eigenvalue weighted by molar-refractivity contribution is 4.97. The fourth-order valence-corrected chi connectivity index (χ4v) is 5.12. The Balaban J connectivity index is 2.47. The van der Waals surface area contributed by atoms with Crippen LogP contribution in [0.1, 0.15) is 55.4 Å². The van der Waals surface area contributed by atoms with Crippen LogP contribution in [-0.2, 0) is 52.1 Å². The molecule has 0 radical (unpaired) electrons. The summed E-state index contributed by atoms with van der Waals surface area (Å²) in [6.45, 7) is 20.0. The highest BCUT2D eigenvalue weighted by atomic mass is 16.8. The molecule has 10 atom stereocenters. The summed E-state index contributed by atoms with van der Waals surface area (Å²) >= 11 is 0. The molecule has 2 heterocycles. The molecule has 0 aromatic heterocycles. The van der Waals surface area contributed by atoms with Gasteiger partial charge in [0, 0.05) is 52.9 Å². The summed E-state index contributed by atoms with van der Waals surface area (Å²) < 4.78 is 68.2. The summed E-state index contributed by atoms with van der Waals surface area (Å²) in [5.74, 6) is 0. The maximum Gasteiger partial charge on any atom is 0.187 e. The standard InChI is InChI=1S/C28H54O11/c1-9-29-17-19-21(31-11-3)23(32-12-4)26(35-15-7)28(38-19)39-22-20(18-30-10-2)37-27(36-16-8)25(34-14-6)24(22)33-13-5/h19-28H,9-18H2,1-8H3/t19?,20?,21?,22-,23?,24?,25?,26?,27?,28-/m0/s1. The predicted octanol–water partition coefficient (Wildman–Crippen LogP) is 2.96. The van der Waals surface area contributed by atoms with E-state index in [9.17, 15) is 0 Å². The van der Waals surface area contributed by atoms with Crippen molar-refractivity contribution in [3.8, 4) is 0 Å². The molecule has 2 fully saturated rings. The Bertz CT molecular complexity index is 612. The lowest BCUT2D eigenvalue weighted by atomic mass is 9.96. The van der Waals surface area contributed by atoms with Gasteiger partial charge in [0.25, 0.3) is 0 Å². The van der Waals surface area contributed by atoms with E-state index in [-0.39, 0.29) is 12.7 Å². The van der Waals surface area contributed by atoms with Crippen LogP contribution in [-0.4, -0.2) is 127 Å². The Labute approximate surface area is 235 Å². The Morgan fingerprint density at radius 1 is 0.385 bits per heavy atom. The van der Waals surface area contributed by atoms with Crippen molar-refractivity contribution < 1.29 is 52.1 Å². The third-order valence-electron chi connectivity index (χ3n) is 6.57. The second-order valence-electron chi connectivity index (χ2n) is 9.06. The number of rotatable bonds is 20. The van der Waals surface area contributed by atoms with Crippen molar-refractivity contribution in [3.05, 3.63) is 0 Å². The molecule has 8 unspecified atom stereocenters. The van der Waals surface area contributed by atoms with Crippen LogP contribution in [0.3, 0.4) is 0 Å². The molecule has 2 rings (SSSR count). The zero-order valence-electron chi connectivity index (χ0n) is 25.3. The molecule has 11 nitrogen and oxygen atoms in total. The van der Waals surface area contributed by atoms with Crippen LogP contribution in [0, 0.1) is 0 Å². The van der Waals surface area contributed by atoms with E-state index in [1.807, 2.05) is 55.4 Å². The van der Waals surface area contributed by atoms with Gasteiger partial charge in [-0.05, 0) is 55.4 Å². The lowest BCUT2D eigenvalue weighted by molar-refractivity contribution is -0.373. The van der Waals surface area contributed by atoms with E-state index in [1.54, 1.807) is 0 Å². The zero-order valence-corrected chi connectivity index (χ0v) is 25.3. The minimum atomic E-state index is -0.810. The Hall–Kier alpha value is -0.440. The van der Waals surface area contributed by atoms with Crippen LogP contribution in [0.25, 0.3) is 0 Å². The molecular formula is C28H54O11. The second kappa shape index (κ2) is 19.6. The van der Waals surface area contributed by atoms with Crippen LogP contribution >= 0.6 is 0 Å². The van der Waals surface area contributed by atoms with Crippen LogP contribution in [0.4, 0.5) is 0 Å². The minimum Gasteiger partial charge on any atom is -0.379 e. The maximum atomic E-state index is 6.78. The van der Waals surface area contributed by atoms with Crippen LogP contribution in [0.5, 0.6) is 0 Å². The minimum absolute atomic E-state index is 0.290. The third-order valence-corrected chi connectivity index (χ3v) is 6.57. The quantitative estimate of drug-likeness (QED) is 0.217. The van der Waals surface area contributed by atoms with E-state index in [0.717, 1.165) is 0 Å². The van der Waals surface area contributed by atoms with Gasteiger partial charge >= 0.3 is 0 Å². The van der Waals surface area contributed by atoms with Crippen LogP contribution < -0.4 is 0 Å². The van der Waals surface area contributed by atoms with E-state index in [1.165, 1.54) is 0 Å². The third kappa shape index (κ3) is 9.82. The number of hydrogen-bond acceptors (Lipinski definition) is 11. The van der Waals surface area contributed by atoms with Crippen molar-refractivity contribution in [2.75, 3.05) is 66.1 Å². The molecule has 0 aliphatic carbocycles. The molecule has 2 aliphatic heterocycles. The van der Waals surface area contributed by atoms with Crippen molar-refractivity contribution in [1.29, 1.82) is 0 Å². The molecule has 0 spiro atoms. The van der Waals surface area contributed by atoms with Crippen molar-refractivity contribution in [2.45, 2.75) is 117 Å². The normalized spacial score (nSPS) is 35.4. The first-order chi connectivity index (χ1) is 19.0. The van der Waals surface area contributed by atoms with Gasteiger partial charge in [0.1, 0.15) is 48.8 Å². The highest BCUT2D eigenvalue weighted by Gasteiger charge is 2.54. The van der Waals surface area contributed by atoms with Crippen molar-refractivity contribution in [2.24, 2.45) is 0 Å². The van der Waals surface area contributed by atoms with Gasteiger partial charge in [-0.15, -0.1) is 0 Å². The molecule has 2 aliphatic rings. The summed E-state index contributed by atoms with van der Waals surface area (Å²) in [6, 6.07) is 0. The Morgan fingerprint density at radius 3 is 1.26 bits per heavy atom. The fraction of sp³-hybridized carbons (Fsp3) is 1.00. The van der Waals surface area contributed by atoms with Crippen LogP contribution in [0.15, 0.2) is 0 Å². The molecule has 39 heavy (non-hydrogen) atoms. The molecule has 0 saturated carbocycles. The molecule has 0 amide bonds. The smallest absolute Gasteiger partial charge is 0.187 e. The fourth-order valence-electron chi connectivity index (χ4n) is 5.12. The lowest BCUT2D eigenvalue weighted by Gasteiger charge is -2.50. The summed E-state index contributed by atoms with van der Waals surface area (Å²) in [4.78, 5) is 0. The molecule has 0 aromatic carbocycles. The first-order valence-electron chi connectivity index (χ1n) is 14.9. The van der Waals surface area contributed by atoms with E-state index in [2.05, 4.69) is 0 Å². The van der Waals surface area contributed by atoms with Gasteiger partial charge in [-0.2, -0.15) is 0 Å². The molecule has 11 heteroatoms. The Morgan fingerprint density at radius 2 is 0.769 bits per heavy atom. The Kier molecular flexibility index (Phi) is 17.5. The predicted molar refractivity (Wildman–Crippen MR) is 144 cm³/mol. The van der Waals surface area contributed by atoms with Gasteiger partial charge in [0.05, 0.1) is 13.2 Å². The summed E-state index contributed by atoms with van der Waals surface area (Å²) in [5.41, 5.74) is 0. The average molecular weight is 567 g/mol. The average Bonchev–Trinajstić information content (AvgIpc) is 2.93. The number of hydrogen-bond donors (Lipinski definition) is 0. The molecule has 232 valence electrons. The first-order valence-corrected chi connectivity index (χ1v) is 14.9. The molecule has 0 bridgehead atoms. The van der Waals surface area contributed by atoms with Gasteiger partial charge in [0.2, 0.25) is 0 Å². The van der Waals surface area contributed by atoms with Gasteiger partial charge in [-0.25, -0.2) is 0 Å². The largest absolute Gasteiger partial charge is 0.379 e. The maximum absolute atomic E-state index is 6.78. The second-order valence-corrected chi connectivity index (χ2v) is 9.06. The SMILES string of the molecule is CCOCC1O[C@@H](O[C@H]2C(COCC)OC(OCC)C(OCC)C2OCC)C(OCC)C(OCC)C1OCC. The number of ether oxygens (including phenoxy) is 11. The first kappa shape index (κ1) is 34.8. The lowest BCUT2D eigenvalue weighted by Crippen LogP contribution is -2.66. The molecule has 0 aromatic rings. The van der Waals surface area contributed by atoms with Gasteiger partial charge in [0.15, 0.2) is 12.6 Å². The van der Waals surface area contributed by atoms with Crippen molar-refractivity contribution >= 4 is 0 Å². The van der Waals surface area contributed by atoms with Gasteiger partial charge in [-0.3, -0.25) is 0 Å². The summed E-state index contributed by atoms with van der Waals surface area (Å²) in [5, 5.41) is 0. The van der Waals surface area contributed by atoms with Crippen molar-refractivity contribution in [3.63, 3.8) is 0 Å². The van der Waals surface area contributed by atoms with Crippen molar-refractivity contribution in [1.82, 2.24) is 0 Å². The van der Waals surface area contributed by atoms with Crippen LogP contribution in [0.2, 0.25) is 0 Å². The summed E-state index contributed by atoms with van der Waals surface area (Å²) in [7, 11) is 0. The molecular weight excluding hydrogens is 512 g/mol. The summed E-state index contributed by atoms with van der Waals surface area (Å²) in [6.07, 6.45) is -5.36. The monoisotopic (exact) mass is 566 g/mol. The molecule has 2 saturated heterocycles.